The first-order valence-corrected chi connectivity index (χ1v) is 6.85. The zero-order valence-electron chi connectivity index (χ0n) is 10.8. The second kappa shape index (κ2) is 4.05. The SMILES string of the molecule is CN1CCCCn2cc(CCC3(N)CC3)cc21. The van der Waals surface area contributed by atoms with E-state index in [9.17, 15) is 0 Å². The topological polar surface area (TPSA) is 34.2 Å². The molecule has 3 rings (SSSR count). The maximum Gasteiger partial charge on any atom is 0.108 e. The number of anilines is 1. The molecule has 0 bridgehead atoms. The van der Waals surface area contributed by atoms with E-state index in [0.29, 0.717) is 0 Å². The van der Waals surface area contributed by atoms with Crippen LogP contribution in [-0.2, 0) is 13.0 Å². The van der Waals surface area contributed by atoms with Crippen LogP contribution in [-0.4, -0.2) is 23.7 Å². The van der Waals surface area contributed by atoms with Gasteiger partial charge in [0.1, 0.15) is 5.82 Å². The van der Waals surface area contributed by atoms with Gasteiger partial charge in [-0.25, -0.2) is 0 Å². The number of rotatable bonds is 3. The van der Waals surface area contributed by atoms with Gasteiger partial charge in [0.15, 0.2) is 0 Å². The van der Waals surface area contributed by atoms with E-state index in [0.717, 1.165) is 12.8 Å². The Kier molecular flexibility index (Phi) is 2.66. The van der Waals surface area contributed by atoms with Crippen molar-refractivity contribution in [3.05, 3.63) is 17.8 Å². The predicted octanol–water partition coefficient (Wildman–Crippen LogP) is 2.14. The van der Waals surface area contributed by atoms with Gasteiger partial charge < -0.3 is 15.2 Å². The summed E-state index contributed by atoms with van der Waals surface area (Å²) in [5.41, 5.74) is 7.80. The monoisotopic (exact) mass is 233 g/mol. The summed E-state index contributed by atoms with van der Waals surface area (Å²) in [5, 5.41) is 0. The Balaban J connectivity index is 1.71. The van der Waals surface area contributed by atoms with E-state index in [1.54, 1.807) is 0 Å². The molecule has 0 spiro atoms. The Morgan fingerprint density at radius 3 is 2.82 bits per heavy atom. The van der Waals surface area contributed by atoms with E-state index < -0.39 is 0 Å². The van der Waals surface area contributed by atoms with E-state index in [-0.39, 0.29) is 5.54 Å². The van der Waals surface area contributed by atoms with Crippen molar-refractivity contribution in [1.29, 1.82) is 0 Å². The highest BCUT2D eigenvalue weighted by molar-refractivity contribution is 5.44. The van der Waals surface area contributed by atoms with Gasteiger partial charge in [0, 0.05) is 31.9 Å². The molecular formula is C14H23N3. The minimum atomic E-state index is 0.186. The molecule has 1 aromatic rings. The van der Waals surface area contributed by atoms with E-state index in [2.05, 4.69) is 28.8 Å². The van der Waals surface area contributed by atoms with Crippen molar-refractivity contribution in [3.63, 3.8) is 0 Å². The number of fused-ring (bicyclic) bond motifs is 1. The third-order valence-electron chi connectivity index (χ3n) is 4.27. The van der Waals surface area contributed by atoms with Crippen LogP contribution >= 0.6 is 0 Å². The van der Waals surface area contributed by atoms with E-state index >= 15 is 0 Å². The number of nitrogens with two attached hydrogens (primary N) is 1. The lowest BCUT2D eigenvalue weighted by Gasteiger charge is -2.16. The molecule has 1 aromatic heterocycles. The Morgan fingerprint density at radius 2 is 2.06 bits per heavy atom. The van der Waals surface area contributed by atoms with Crippen LogP contribution in [0.4, 0.5) is 5.82 Å². The van der Waals surface area contributed by atoms with Crippen molar-refractivity contribution in [3.8, 4) is 0 Å². The molecule has 17 heavy (non-hydrogen) atoms. The van der Waals surface area contributed by atoms with E-state index in [1.807, 2.05) is 0 Å². The minimum Gasteiger partial charge on any atom is -0.361 e. The lowest BCUT2D eigenvalue weighted by Crippen LogP contribution is -2.22. The zero-order chi connectivity index (χ0) is 11.9. The van der Waals surface area contributed by atoms with Gasteiger partial charge in [-0.05, 0) is 50.2 Å². The van der Waals surface area contributed by atoms with Crippen molar-refractivity contribution < 1.29 is 0 Å². The molecule has 2 aliphatic rings. The Hall–Kier alpha value is -0.960. The van der Waals surface area contributed by atoms with Gasteiger partial charge in [0.05, 0.1) is 0 Å². The molecule has 1 aliphatic heterocycles. The average molecular weight is 233 g/mol. The summed E-state index contributed by atoms with van der Waals surface area (Å²) in [6.45, 7) is 2.36. The number of nitrogens with zero attached hydrogens (tertiary/aromatic N) is 2. The Labute approximate surface area is 104 Å². The third-order valence-corrected chi connectivity index (χ3v) is 4.27. The first-order chi connectivity index (χ1) is 8.16. The van der Waals surface area contributed by atoms with Crippen LogP contribution in [0.25, 0.3) is 0 Å². The molecule has 0 amide bonds. The fourth-order valence-corrected chi connectivity index (χ4v) is 2.75. The maximum atomic E-state index is 6.15. The second-order valence-electron chi connectivity index (χ2n) is 5.89. The molecule has 0 radical (unpaired) electrons. The molecule has 94 valence electrons. The van der Waals surface area contributed by atoms with Crippen molar-refractivity contribution in [2.24, 2.45) is 5.73 Å². The smallest absolute Gasteiger partial charge is 0.108 e. The standard InChI is InChI=1S/C14H23N3/c1-16-8-2-3-9-17-11-12(10-13(16)17)4-5-14(15)6-7-14/h10-11H,2-9,15H2,1H3. The van der Waals surface area contributed by atoms with Crippen LogP contribution in [0.3, 0.4) is 0 Å². The fraction of sp³-hybridized carbons (Fsp3) is 0.714. The highest BCUT2D eigenvalue weighted by Gasteiger charge is 2.37. The van der Waals surface area contributed by atoms with Gasteiger partial charge in [0.25, 0.3) is 0 Å². The predicted molar refractivity (Wildman–Crippen MR) is 71.4 cm³/mol. The molecule has 1 saturated carbocycles. The second-order valence-corrected chi connectivity index (χ2v) is 5.89. The van der Waals surface area contributed by atoms with Gasteiger partial charge in [-0.3, -0.25) is 0 Å². The molecule has 2 N–H and O–H groups in total. The zero-order valence-corrected chi connectivity index (χ0v) is 10.8. The van der Waals surface area contributed by atoms with E-state index in [1.165, 1.54) is 50.2 Å². The summed E-state index contributed by atoms with van der Waals surface area (Å²) in [6.07, 6.45) is 9.68. The third kappa shape index (κ3) is 2.34. The molecule has 0 saturated heterocycles. The summed E-state index contributed by atoms with van der Waals surface area (Å²) < 4.78 is 2.42. The summed E-state index contributed by atoms with van der Waals surface area (Å²) in [6, 6.07) is 2.36. The lowest BCUT2D eigenvalue weighted by molar-refractivity contribution is 0.606. The van der Waals surface area contributed by atoms with Crippen molar-refractivity contribution in [2.45, 2.75) is 50.6 Å². The first-order valence-electron chi connectivity index (χ1n) is 6.85. The van der Waals surface area contributed by atoms with Crippen LogP contribution < -0.4 is 10.6 Å². The van der Waals surface area contributed by atoms with Gasteiger partial charge >= 0.3 is 0 Å². The van der Waals surface area contributed by atoms with Crippen LogP contribution in [0.2, 0.25) is 0 Å². The fourth-order valence-electron chi connectivity index (χ4n) is 2.75. The highest BCUT2D eigenvalue weighted by atomic mass is 15.2. The maximum absolute atomic E-state index is 6.15. The summed E-state index contributed by atoms with van der Waals surface area (Å²) in [7, 11) is 2.20. The molecule has 0 aromatic carbocycles. The molecule has 3 heteroatoms. The Bertz CT molecular complexity index is 404. The number of aromatic nitrogens is 1. The highest BCUT2D eigenvalue weighted by Crippen LogP contribution is 2.37. The first kappa shape index (κ1) is 11.1. The van der Waals surface area contributed by atoms with Crippen LogP contribution in [0.15, 0.2) is 12.3 Å². The quantitative estimate of drug-likeness (QED) is 0.868. The van der Waals surface area contributed by atoms with Crippen molar-refractivity contribution >= 4 is 5.82 Å². The number of hydrogen-bond acceptors (Lipinski definition) is 2. The molecule has 3 nitrogen and oxygen atoms in total. The van der Waals surface area contributed by atoms with Crippen LogP contribution in [0.5, 0.6) is 0 Å². The molecule has 0 atom stereocenters. The Morgan fingerprint density at radius 1 is 1.29 bits per heavy atom. The van der Waals surface area contributed by atoms with Crippen LogP contribution in [0, 0.1) is 0 Å². The summed E-state index contributed by atoms with van der Waals surface area (Å²) >= 11 is 0. The molecule has 0 unspecified atom stereocenters. The van der Waals surface area contributed by atoms with Crippen molar-refractivity contribution in [2.75, 3.05) is 18.5 Å². The van der Waals surface area contributed by atoms with Crippen molar-refractivity contribution in [1.82, 2.24) is 4.57 Å². The van der Waals surface area contributed by atoms with Gasteiger partial charge in [-0.2, -0.15) is 0 Å². The van der Waals surface area contributed by atoms with Crippen LogP contribution in [0.1, 0.15) is 37.7 Å². The normalized spacial score (nSPS) is 22.1. The van der Waals surface area contributed by atoms with Gasteiger partial charge in [-0.15, -0.1) is 0 Å². The average Bonchev–Trinajstić information content (AvgIpc) is 2.94. The number of hydrogen-bond donors (Lipinski definition) is 1. The van der Waals surface area contributed by atoms with Gasteiger partial charge in [-0.1, -0.05) is 0 Å². The molecule has 1 aliphatic carbocycles. The lowest BCUT2D eigenvalue weighted by atomic mass is 10.1. The summed E-state index contributed by atoms with van der Waals surface area (Å²) in [4.78, 5) is 2.38. The minimum absolute atomic E-state index is 0.186. The molecule has 1 fully saturated rings. The van der Waals surface area contributed by atoms with E-state index in [4.69, 9.17) is 5.73 Å². The molecular weight excluding hydrogens is 210 g/mol. The molecule has 2 heterocycles. The van der Waals surface area contributed by atoms with Gasteiger partial charge in [0.2, 0.25) is 0 Å². The summed E-state index contributed by atoms with van der Waals surface area (Å²) in [5.74, 6) is 1.39. The largest absolute Gasteiger partial charge is 0.361 e. The number of aryl methyl sites for hydroxylation is 2.